The number of pyridine rings is 1. The quantitative estimate of drug-likeness (QED) is 0.505. The maximum atomic E-state index is 11.8. The summed E-state index contributed by atoms with van der Waals surface area (Å²) < 4.78 is 11.8. The predicted octanol–water partition coefficient (Wildman–Crippen LogP) is 3.53. The third-order valence-electron chi connectivity index (χ3n) is 2.89. The van der Waals surface area contributed by atoms with E-state index in [0.717, 1.165) is 21.0 Å². The van der Waals surface area contributed by atoms with Crippen molar-refractivity contribution in [3.8, 4) is 11.5 Å². The molecule has 0 fully saturated rings. The van der Waals surface area contributed by atoms with Crippen LogP contribution in [0.15, 0.2) is 52.1 Å². The van der Waals surface area contributed by atoms with Crippen LogP contribution < -0.4 is 14.8 Å². The van der Waals surface area contributed by atoms with E-state index in [1.807, 2.05) is 43.3 Å². The lowest BCUT2D eigenvalue weighted by molar-refractivity contribution is -0.118. The molecule has 0 unspecified atom stereocenters. The molecule has 2 aromatic rings. The number of nitrogens with one attached hydrogen (secondary N) is 1. The van der Waals surface area contributed by atoms with Crippen molar-refractivity contribution < 1.29 is 14.3 Å². The fourth-order valence-corrected chi connectivity index (χ4v) is 3.13. The number of carbonyl (C=O) groups is 1. The van der Waals surface area contributed by atoms with Gasteiger partial charge in [0.05, 0.1) is 18.9 Å². The highest BCUT2D eigenvalue weighted by atomic mass is 79.9. The van der Waals surface area contributed by atoms with Crippen LogP contribution in [0.4, 0.5) is 0 Å². The van der Waals surface area contributed by atoms with Crippen LogP contribution in [0.2, 0.25) is 0 Å². The van der Waals surface area contributed by atoms with E-state index in [4.69, 9.17) is 9.47 Å². The molecule has 24 heavy (non-hydrogen) atoms. The smallest absolute Gasteiger partial charge is 0.230 e. The van der Waals surface area contributed by atoms with Crippen LogP contribution >= 0.6 is 27.7 Å². The van der Waals surface area contributed by atoms with Crippen LogP contribution in [0.5, 0.6) is 11.5 Å². The Morgan fingerprint density at radius 1 is 1.21 bits per heavy atom. The Morgan fingerprint density at radius 2 is 1.92 bits per heavy atom. The van der Waals surface area contributed by atoms with E-state index < -0.39 is 0 Å². The van der Waals surface area contributed by atoms with Crippen LogP contribution in [0.1, 0.15) is 6.92 Å². The maximum absolute atomic E-state index is 11.8. The lowest BCUT2D eigenvalue weighted by atomic mass is 10.3. The van der Waals surface area contributed by atoms with Crippen molar-refractivity contribution >= 4 is 33.6 Å². The van der Waals surface area contributed by atoms with Crippen molar-refractivity contribution in [2.45, 2.75) is 11.9 Å². The molecule has 7 heteroatoms. The largest absolute Gasteiger partial charge is 0.494 e. The fraction of sp³-hybridized carbons (Fsp3) is 0.294. The van der Waals surface area contributed by atoms with Gasteiger partial charge < -0.3 is 14.8 Å². The van der Waals surface area contributed by atoms with Gasteiger partial charge in [0.25, 0.3) is 0 Å². The highest BCUT2D eigenvalue weighted by molar-refractivity contribution is 9.10. The monoisotopic (exact) mass is 410 g/mol. The lowest BCUT2D eigenvalue weighted by Crippen LogP contribution is -2.29. The Kier molecular flexibility index (Phi) is 7.91. The molecule has 1 heterocycles. The van der Waals surface area contributed by atoms with Gasteiger partial charge in [-0.05, 0) is 59.3 Å². The minimum Gasteiger partial charge on any atom is -0.494 e. The summed E-state index contributed by atoms with van der Waals surface area (Å²) in [5, 5.41) is 3.63. The summed E-state index contributed by atoms with van der Waals surface area (Å²) >= 11 is 4.80. The molecule has 0 saturated heterocycles. The van der Waals surface area contributed by atoms with Crippen LogP contribution in [-0.4, -0.2) is 36.4 Å². The van der Waals surface area contributed by atoms with Crippen molar-refractivity contribution in [2.75, 3.05) is 25.5 Å². The number of nitrogens with zero attached hydrogens (tertiary/aromatic N) is 1. The van der Waals surface area contributed by atoms with E-state index in [1.54, 1.807) is 6.20 Å². The number of amides is 1. The van der Waals surface area contributed by atoms with Gasteiger partial charge in [-0.2, -0.15) is 0 Å². The Morgan fingerprint density at radius 3 is 2.58 bits per heavy atom. The van der Waals surface area contributed by atoms with Gasteiger partial charge in [-0.25, -0.2) is 4.98 Å². The fourth-order valence-electron chi connectivity index (χ4n) is 1.82. The summed E-state index contributed by atoms with van der Waals surface area (Å²) in [6.45, 7) is 3.45. The van der Waals surface area contributed by atoms with Gasteiger partial charge in [-0.1, -0.05) is 11.8 Å². The van der Waals surface area contributed by atoms with Gasteiger partial charge in [-0.3, -0.25) is 4.79 Å². The summed E-state index contributed by atoms with van der Waals surface area (Å²) in [5.41, 5.74) is 0. The molecule has 2 rings (SSSR count). The molecule has 1 N–H and O–H groups in total. The summed E-state index contributed by atoms with van der Waals surface area (Å²) in [7, 11) is 0. The maximum Gasteiger partial charge on any atom is 0.230 e. The topological polar surface area (TPSA) is 60.5 Å². The van der Waals surface area contributed by atoms with Crippen LogP contribution in [-0.2, 0) is 4.79 Å². The predicted molar refractivity (Wildman–Crippen MR) is 98.8 cm³/mol. The molecule has 1 amide bonds. The molecule has 5 nitrogen and oxygen atoms in total. The first-order valence-corrected chi connectivity index (χ1v) is 9.32. The van der Waals surface area contributed by atoms with Crippen LogP contribution in [0.3, 0.4) is 0 Å². The zero-order valence-corrected chi connectivity index (χ0v) is 15.7. The van der Waals surface area contributed by atoms with Crippen LogP contribution in [0, 0.1) is 0 Å². The van der Waals surface area contributed by atoms with Crippen LogP contribution in [0.25, 0.3) is 0 Å². The van der Waals surface area contributed by atoms with Crippen molar-refractivity contribution in [3.63, 3.8) is 0 Å². The summed E-state index contributed by atoms with van der Waals surface area (Å²) in [4.78, 5) is 16.0. The number of hydrogen-bond acceptors (Lipinski definition) is 5. The zero-order valence-electron chi connectivity index (χ0n) is 13.3. The van der Waals surface area contributed by atoms with E-state index in [0.29, 0.717) is 25.5 Å². The molecular weight excluding hydrogens is 392 g/mol. The molecule has 1 aromatic heterocycles. The van der Waals surface area contributed by atoms with E-state index >= 15 is 0 Å². The normalized spacial score (nSPS) is 10.2. The number of carbonyl (C=O) groups excluding carboxylic acids is 1. The Balaban J connectivity index is 1.63. The minimum absolute atomic E-state index is 0.0483. The van der Waals surface area contributed by atoms with E-state index in [1.165, 1.54) is 11.8 Å². The van der Waals surface area contributed by atoms with Gasteiger partial charge in [-0.15, -0.1) is 0 Å². The van der Waals surface area contributed by atoms with Crippen molar-refractivity contribution in [1.82, 2.24) is 10.3 Å². The van der Waals surface area contributed by atoms with Crippen molar-refractivity contribution in [3.05, 3.63) is 47.1 Å². The second kappa shape index (κ2) is 10.2. The molecule has 0 radical (unpaired) electrons. The molecule has 0 aliphatic carbocycles. The summed E-state index contributed by atoms with van der Waals surface area (Å²) in [5.74, 6) is 1.83. The molecule has 1 aromatic carbocycles. The van der Waals surface area contributed by atoms with Gasteiger partial charge >= 0.3 is 0 Å². The number of ether oxygens (including phenoxy) is 2. The molecule has 0 saturated carbocycles. The van der Waals surface area contributed by atoms with Crippen molar-refractivity contribution in [1.29, 1.82) is 0 Å². The average Bonchev–Trinajstić information content (AvgIpc) is 2.60. The Bertz CT molecular complexity index is 653. The number of halogens is 1. The number of hydrogen-bond donors (Lipinski definition) is 1. The van der Waals surface area contributed by atoms with Gasteiger partial charge in [0.1, 0.15) is 23.1 Å². The molecule has 0 bridgehead atoms. The first-order valence-electron chi connectivity index (χ1n) is 7.54. The summed E-state index contributed by atoms with van der Waals surface area (Å²) in [6.07, 6.45) is 1.70. The van der Waals surface area contributed by atoms with E-state index in [9.17, 15) is 4.79 Å². The first-order chi connectivity index (χ1) is 11.7. The SMILES string of the molecule is CCOc1ccc(OCCNC(=O)CSc2ncccc2Br)cc1. The minimum atomic E-state index is -0.0483. The lowest BCUT2D eigenvalue weighted by Gasteiger charge is -2.09. The van der Waals surface area contributed by atoms with Gasteiger partial charge in [0.15, 0.2) is 0 Å². The molecular formula is C17H19BrN2O3S. The molecule has 0 spiro atoms. The van der Waals surface area contributed by atoms with E-state index in [-0.39, 0.29) is 5.91 Å². The third kappa shape index (κ3) is 6.41. The third-order valence-corrected chi connectivity index (χ3v) is 4.80. The second-order valence-corrected chi connectivity index (χ2v) is 6.50. The molecule has 128 valence electrons. The molecule has 0 aliphatic heterocycles. The number of thioether (sulfide) groups is 1. The highest BCUT2D eigenvalue weighted by Crippen LogP contribution is 2.24. The Hall–Kier alpha value is -1.73. The first kappa shape index (κ1) is 18.6. The number of benzene rings is 1. The standard InChI is InChI=1S/C17H19BrN2O3S/c1-2-22-13-5-7-14(8-6-13)23-11-10-19-16(21)12-24-17-15(18)4-3-9-20-17/h3-9H,2,10-12H2,1H3,(H,19,21). The number of aromatic nitrogens is 1. The molecule has 0 atom stereocenters. The van der Waals surface area contributed by atoms with E-state index in [2.05, 4.69) is 26.2 Å². The van der Waals surface area contributed by atoms with Gasteiger partial charge in [0.2, 0.25) is 5.91 Å². The number of rotatable bonds is 9. The Labute approximate surface area is 154 Å². The summed E-state index contributed by atoms with van der Waals surface area (Å²) in [6, 6.07) is 11.2. The second-order valence-electron chi connectivity index (χ2n) is 4.68. The van der Waals surface area contributed by atoms with Gasteiger partial charge in [0, 0.05) is 10.7 Å². The highest BCUT2D eigenvalue weighted by Gasteiger charge is 2.06. The van der Waals surface area contributed by atoms with Crippen molar-refractivity contribution in [2.24, 2.45) is 0 Å². The average molecular weight is 411 g/mol. The molecule has 0 aliphatic rings. The zero-order chi connectivity index (χ0) is 17.2.